The molecule has 7 heteroatoms. The number of ketones is 1. The molecule has 1 saturated heterocycles. The van der Waals surface area contributed by atoms with Crippen molar-refractivity contribution in [2.75, 3.05) is 20.2 Å². The molecule has 2 aromatic rings. The van der Waals surface area contributed by atoms with E-state index in [2.05, 4.69) is 0 Å². The highest BCUT2D eigenvalue weighted by molar-refractivity contribution is 7.89. The predicted octanol–water partition coefficient (Wildman–Crippen LogP) is 3.94. The number of hydrogen-bond acceptors (Lipinski definition) is 4. The first kappa shape index (κ1) is 19.9. The third-order valence-corrected chi connectivity index (χ3v) is 6.92. The number of piperidine rings is 1. The zero-order chi connectivity index (χ0) is 19.6. The zero-order valence-electron chi connectivity index (χ0n) is 15.3. The summed E-state index contributed by atoms with van der Waals surface area (Å²) in [6, 6.07) is 11.8. The Morgan fingerprint density at radius 3 is 2.70 bits per heavy atom. The minimum absolute atomic E-state index is 0.0754. The standard InChI is InChI=1S/C20H22ClNO4S/c1-14-8-9-18(26-2)19(11-14)27(24,25)22-10-4-6-16(13-22)20(23)15-5-3-7-17(21)12-15/h3,5,7-9,11-12,16H,4,6,10,13H2,1-2H3. The summed E-state index contributed by atoms with van der Waals surface area (Å²) in [5, 5.41) is 0.491. The minimum atomic E-state index is -3.75. The molecule has 2 aromatic carbocycles. The molecule has 144 valence electrons. The van der Waals surface area contributed by atoms with E-state index in [0.29, 0.717) is 35.7 Å². The molecule has 0 bridgehead atoms. The molecule has 3 rings (SSSR count). The molecular formula is C20H22ClNO4S. The fourth-order valence-corrected chi connectivity index (χ4v) is 5.33. The minimum Gasteiger partial charge on any atom is -0.495 e. The van der Waals surface area contributed by atoms with Gasteiger partial charge in [-0.1, -0.05) is 29.8 Å². The molecule has 0 amide bonds. The van der Waals surface area contributed by atoms with Crippen LogP contribution in [0.15, 0.2) is 47.4 Å². The number of halogens is 1. The lowest BCUT2D eigenvalue weighted by Gasteiger charge is -2.31. The van der Waals surface area contributed by atoms with Gasteiger partial charge in [-0.3, -0.25) is 4.79 Å². The number of ether oxygens (including phenoxy) is 1. The highest BCUT2D eigenvalue weighted by atomic mass is 35.5. The van der Waals surface area contributed by atoms with E-state index in [4.69, 9.17) is 16.3 Å². The molecule has 0 aliphatic carbocycles. The molecule has 1 atom stereocenters. The van der Waals surface area contributed by atoms with Crippen LogP contribution in [-0.4, -0.2) is 38.7 Å². The number of carbonyl (C=O) groups is 1. The van der Waals surface area contributed by atoms with Crippen LogP contribution in [0.3, 0.4) is 0 Å². The van der Waals surface area contributed by atoms with Gasteiger partial charge >= 0.3 is 0 Å². The van der Waals surface area contributed by atoms with Gasteiger partial charge in [0.1, 0.15) is 10.6 Å². The molecule has 1 aliphatic heterocycles. The zero-order valence-corrected chi connectivity index (χ0v) is 16.9. The molecule has 1 heterocycles. The summed E-state index contributed by atoms with van der Waals surface area (Å²) in [5.74, 6) is -0.153. The maximum atomic E-state index is 13.2. The van der Waals surface area contributed by atoms with Gasteiger partial charge in [0, 0.05) is 29.6 Å². The normalized spacial score (nSPS) is 18.3. The number of hydrogen-bond donors (Lipinski definition) is 0. The maximum absolute atomic E-state index is 13.2. The average Bonchev–Trinajstić information content (AvgIpc) is 2.67. The Labute approximate surface area is 165 Å². The Morgan fingerprint density at radius 2 is 2.00 bits per heavy atom. The van der Waals surface area contributed by atoms with Crippen molar-refractivity contribution in [1.82, 2.24) is 4.31 Å². The van der Waals surface area contributed by atoms with E-state index in [1.807, 2.05) is 6.92 Å². The molecule has 5 nitrogen and oxygen atoms in total. The van der Waals surface area contributed by atoms with Gasteiger partial charge < -0.3 is 4.74 Å². The van der Waals surface area contributed by atoms with Crippen molar-refractivity contribution in [3.05, 3.63) is 58.6 Å². The Balaban J connectivity index is 1.87. The number of methoxy groups -OCH3 is 1. The van der Waals surface area contributed by atoms with Crippen LogP contribution in [0.2, 0.25) is 5.02 Å². The number of benzene rings is 2. The van der Waals surface area contributed by atoms with Crippen LogP contribution in [0.1, 0.15) is 28.8 Å². The van der Waals surface area contributed by atoms with Gasteiger partial charge in [0.15, 0.2) is 5.78 Å². The van der Waals surface area contributed by atoms with Crippen molar-refractivity contribution in [1.29, 1.82) is 0 Å². The van der Waals surface area contributed by atoms with Gasteiger partial charge in [0.2, 0.25) is 10.0 Å². The van der Waals surface area contributed by atoms with E-state index in [-0.39, 0.29) is 23.1 Å². The van der Waals surface area contributed by atoms with E-state index in [1.54, 1.807) is 42.5 Å². The number of carbonyl (C=O) groups excluding carboxylic acids is 1. The Kier molecular flexibility index (Phi) is 5.89. The highest BCUT2D eigenvalue weighted by Gasteiger charge is 2.35. The van der Waals surface area contributed by atoms with E-state index < -0.39 is 10.0 Å². The summed E-state index contributed by atoms with van der Waals surface area (Å²) in [4.78, 5) is 13.0. The summed E-state index contributed by atoms with van der Waals surface area (Å²) in [5.41, 5.74) is 1.35. The van der Waals surface area contributed by atoms with Gasteiger partial charge in [0.05, 0.1) is 7.11 Å². The van der Waals surface area contributed by atoms with Crippen molar-refractivity contribution in [2.45, 2.75) is 24.7 Å². The molecule has 0 spiro atoms. The van der Waals surface area contributed by atoms with Gasteiger partial charge in [-0.25, -0.2) is 8.42 Å². The lowest BCUT2D eigenvalue weighted by Crippen LogP contribution is -2.42. The van der Waals surface area contributed by atoms with E-state index in [1.165, 1.54) is 11.4 Å². The summed E-state index contributed by atoms with van der Waals surface area (Å²) in [6.07, 6.45) is 1.28. The first-order valence-electron chi connectivity index (χ1n) is 8.77. The fourth-order valence-electron chi connectivity index (χ4n) is 3.38. The first-order valence-corrected chi connectivity index (χ1v) is 10.6. The van der Waals surface area contributed by atoms with Crippen molar-refractivity contribution < 1.29 is 17.9 Å². The van der Waals surface area contributed by atoms with Crippen molar-refractivity contribution in [3.63, 3.8) is 0 Å². The van der Waals surface area contributed by atoms with Crippen molar-refractivity contribution in [2.24, 2.45) is 5.92 Å². The van der Waals surface area contributed by atoms with E-state index >= 15 is 0 Å². The third kappa shape index (κ3) is 4.18. The maximum Gasteiger partial charge on any atom is 0.246 e. The molecule has 0 N–H and O–H groups in total. The smallest absolute Gasteiger partial charge is 0.246 e. The topological polar surface area (TPSA) is 63.7 Å². The number of nitrogens with zero attached hydrogens (tertiary/aromatic N) is 1. The number of aryl methyl sites for hydroxylation is 1. The second-order valence-corrected chi connectivity index (χ2v) is 9.07. The van der Waals surface area contributed by atoms with Crippen LogP contribution in [-0.2, 0) is 10.0 Å². The van der Waals surface area contributed by atoms with Crippen molar-refractivity contribution in [3.8, 4) is 5.75 Å². The Morgan fingerprint density at radius 1 is 1.22 bits per heavy atom. The number of Topliss-reactive ketones (excluding diaryl/α,β-unsaturated/α-hetero) is 1. The van der Waals surface area contributed by atoms with E-state index in [9.17, 15) is 13.2 Å². The summed E-state index contributed by atoms with van der Waals surface area (Å²) in [7, 11) is -2.30. The van der Waals surface area contributed by atoms with Gasteiger partial charge in [-0.05, 0) is 49.6 Å². The van der Waals surface area contributed by atoms with Crippen molar-refractivity contribution >= 4 is 27.4 Å². The SMILES string of the molecule is COc1ccc(C)cc1S(=O)(=O)N1CCCC(C(=O)c2cccc(Cl)c2)C1. The largest absolute Gasteiger partial charge is 0.495 e. The Hall–Kier alpha value is -1.89. The summed E-state index contributed by atoms with van der Waals surface area (Å²) < 4.78 is 33.0. The molecule has 1 fully saturated rings. The fraction of sp³-hybridized carbons (Fsp3) is 0.350. The average molecular weight is 408 g/mol. The molecule has 0 radical (unpaired) electrons. The molecule has 27 heavy (non-hydrogen) atoms. The first-order chi connectivity index (χ1) is 12.8. The lowest BCUT2D eigenvalue weighted by atomic mass is 9.91. The van der Waals surface area contributed by atoms with Crippen LogP contribution in [0.4, 0.5) is 0 Å². The molecular weight excluding hydrogens is 386 g/mol. The number of sulfonamides is 1. The van der Waals surface area contributed by atoms with Crippen LogP contribution in [0, 0.1) is 12.8 Å². The van der Waals surface area contributed by atoms with Gasteiger partial charge in [0.25, 0.3) is 0 Å². The molecule has 1 aliphatic rings. The third-order valence-electron chi connectivity index (χ3n) is 4.80. The van der Waals surface area contributed by atoms with Crippen LogP contribution >= 0.6 is 11.6 Å². The van der Waals surface area contributed by atoms with Gasteiger partial charge in [-0.2, -0.15) is 4.31 Å². The number of rotatable bonds is 5. The monoisotopic (exact) mass is 407 g/mol. The van der Waals surface area contributed by atoms with Crippen LogP contribution in [0.25, 0.3) is 0 Å². The summed E-state index contributed by atoms with van der Waals surface area (Å²) in [6.45, 7) is 2.38. The van der Waals surface area contributed by atoms with Gasteiger partial charge in [-0.15, -0.1) is 0 Å². The Bertz CT molecular complexity index is 958. The quantitative estimate of drug-likeness (QED) is 0.704. The molecule has 1 unspecified atom stereocenters. The molecule has 0 aromatic heterocycles. The lowest BCUT2D eigenvalue weighted by molar-refractivity contribution is 0.0872. The molecule has 0 saturated carbocycles. The summed E-state index contributed by atoms with van der Waals surface area (Å²) >= 11 is 5.98. The second-order valence-electron chi connectivity index (χ2n) is 6.73. The van der Waals surface area contributed by atoms with Crippen LogP contribution in [0.5, 0.6) is 5.75 Å². The highest BCUT2D eigenvalue weighted by Crippen LogP contribution is 2.31. The second kappa shape index (κ2) is 8.00. The predicted molar refractivity (Wildman–Crippen MR) is 105 cm³/mol. The van der Waals surface area contributed by atoms with Crippen LogP contribution < -0.4 is 4.74 Å². The van der Waals surface area contributed by atoms with E-state index in [0.717, 1.165) is 5.56 Å².